The van der Waals surface area contributed by atoms with E-state index in [4.69, 9.17) is 4.74 Å². The molecule has 2 N–H and O–H groups in total. The number of halogens is 1. The van der Waals surface area contributed by atoms with Gasteiger partial charge in [0.05, 0.1) is 12.7 Å². The number of methoxy groups -OCH3 is 1. The number of ether oxygens (including phenoxy) is 1. The van der Waals surface area contributed by atoms with Crippen molar-refractivity contribution in [3.63, 3.8) is 0 Å². The van der Waals surface area contributed by atoms with Gasteiger partial charge in [-0.25, -0.2) is 14.4 Å². The molecule has 0 aliphatic rings. The van der Waals surface area contributed by atoms with E-state index in [1.165, 1.54) is 18.5 Å². The molecule has 6 nitrogen and oxygen atoms in total. The van der Waals surface area contributed by atoms with Crippen LogP contribution in [-0.2, 0) is 13.1 Å². The number of aromatic nitrogens is 2. The van der Waals surface area contributed by atoms with Gasteiger partial charge in [-0.15, -0.1) is 0 Å². The SMILES string of the molecule is COc1ccccc1CNC(=O)c1cnc(NCc2ccccc2F)nc1. The molecule has 138 valence electrons. The molecule has 7 heteroatoms. The average molecular weight is 366 g/mol. The summed E-state index contributed by atoms with van der Waals surface area (Å²) in [5.74, 6) is 0.445. The van der Waals surface area contributed by atoms with Gasteiger partial charge in [-0.3, -0.25) is 4.79 Å². The van der Waals surface area contributed by atoms with Gasteiger partial charge < -0.3 is 15.4 Å². The summed E-state index contributed by atoms with van der Waals surface area (Å²) in [6, 6.07) is 13.9. The normalized spacial score (nSPS) is 10.3. The third kappa shape index (κ3) is 4.78. The zero-order chi connectivity index (χ0) is 19.1. The number of benzene rings is 2. The van der Waals surface area contributed by atoms with Crippen molar-refractivity contribution in [1.29, 1.82) is 0 Å². The lowest BCUT2D eigenvalue weighted by molar-refractivity contribution is 0.0950. The Labute approximate surface area is 156 Å². The first-order chi connectivity index (χ1) is 13.2. The molecule has 0 aliphatic carbocycles. The van der Waals surface area contributed by atoms with Crippen molar-refractivity contribution in [1.82, 2.24) is 15.3 Å². The smallest absolute Gasteiger partial charge is 0.254 e. The Hall–Kier alpha value is -3.48. The van der Waals surface area contributed by atoms with Crippen molar-refractivity contribution in [2.75, 3.05) is 12.4 Å². The number of amides is 1. The zero-order valence-corrected chi connectivity index (χ0v) is 14.8. The highest BCUT2D eigenvalue weighted by atomic mass is 19.1. The van der Waals surface area contributed by atoms with Crippen LogP contribution in [0.5, 0.6) is 5.75 Å². The average Bonchev–Trinajstić information content (AvgIpc) is 2.72. The fraction of sp³-hybridized carbons (Fsp3) is 0.150. The van der Waals surface area contributed by atoms with Gasteiger partial charge in [-0.2, -0.15) is 0 Å². The number of carbonyl (C=O) groups is 1. The highest BCUT2D eigenvalue weighted by molar-refractivity contribution is 5.93. The molecule has 1 aromatic heterocycles. The summed E-state index contributed by atoms with van der Waals surface area (Å²) >= 11 is 0. The largest absolute Gasteiger partial charge is 0.496 e. The molecule has 0 fully saturated rings. The lowest BCUT2D eigenvalue weighted by Gasteiger charge is -2.10. The fourth-order valence-electron chi connectivity index (χ4n) is 2.48. The molecule has 2 aromatic carbocycles. The van der Waals surface area contributed by atoms with E-state index in [-0.39, 0.29) is 18.3 Å². The van der Waals surface area contributed by atoms with Crippen molar-refractivity contribution in [2.24, 2.45) is 0 Å². The summed E-state index contributed by atoms with van der Waals surface area (Å²) in [5.41, 5.74) is 1.72. The first-order valence-corrected chi connectivity index (χ1v) is 8.37. The van der Waals surface area contributed by atoms with E-state index in [0.29, 0.717) is 29.4 Å². The van der Waals surface area contributed by atoms with Gasteiger partial charge in [-0.1, -0.05) is 36.4 Å². The Morgan fingerprint density at radius 1 is 1.00 bits per heavy atom. The number of rotatable bonds is 7. The van der Waals surface area contributed by atoms with E-state index < -0.39 is 0 Å². The van der Waals surface area contributed by atoms with Crippen LogP contribution in [0, 0.1) is 5.82 Å². The maximum atomic E-state index is 13.6. The van der Waals surface area contributed by atoms with Crippen molar-refractivity contribution in [2.45, 2.75) is 13.1 Å². The van der Waals surface area contributed by atoms with E-state index in [1.54, 1.807) is 25.3 Å². The molecule has 0 atom stereocenters. The highest BCUT2D eigenvalue weighted by Gasteiger charge is 2.09. The number of anilines is 1. The Balaban J connectivity index is 1.56. The Kier molecular flexibility index (Phi) is 5.94. The quantitative estimate of drug-likeness (QED) is 0.672. The second-order valence-electron chi connectivity index (χ2n) is 5.73. The fourth-order valence-corrected chi connectivity index (χ4v) is 2.48. The maximum Gasteiger partial charge on any atom is 0.254 e. The molecule has 0 spiro atoms. The van der Waals surface area contributed by atoms with E-state index in [1.807, 2.05) is 24.3 Å². The van der Waals surface area contributed by atoms with Crippen LogP contribution in [0.25, 0.3) is 0 Å². The summed E-state index contributed by atoms with van der Waals surface area (Å²) in [6.07, 6.45) is 2.85. The molecular formula is C20H19FN4O2. The second-order valence-corrected chi connectivity index (χ2v) is 5.73. The molecule has 0 bridgehead atoms. The topological polar surface area (TPSA) is 76.1 Å². The number of para-hydroxylation sites is 1. The van der Waals surface area contributed by atoms with Gasteiger partial charge in [0.15, 0.2) is 0 Å². The summed E-state index contributed by atoms with van der Waals surface area (Å²) in [6.45, 7) is 0.585. The molecule has 1 heterocycles. The number of nitrogens with zero attached hydrogens (tertiary/aromatic N) is 2. The Bertz CT molecular complexity index is 916. The highest BCUT2D eigenvalue weighted by Crippen LogP contribution is 2.17. The summed E-state index contributed by atoms with van der Waals surface area (Å²) in [5, 5.41) is 5.74. The molecule has 3 aromatic rings. The molecule has 0 saturated carbocycles. The van der Waals surface area contributed by atoms with Gasteiger partial charge in [0.25, 0.3) is 5.91 Å². The van der Waals surface area contributed by atoms with E-state index in [2.05, 4.69) is 20.6 Å². The number of hydrogen-bond acceptors (Lipinski definition) is 5. The molecule has 0 unspecified atom stereocenters. The first kappa shape index (κ1) is 18.3. The monoisotopic (exact) mass is 366 g/mol. The second kappa shape index (κ2) is 8.75. The maximum absolute atomic E-state index is 13.6. The lowest BCUT2D eigenvalue weighted by Crippen LogP contribution is -2.23. The van der Waals surface area contributed by atoms with Crippen LogP contribution in [0.2, 0.25) is 0 Å². The predicted molar refractivity (Wildman–Crippen MR) is 99.9 cm³/mol. The Morgan fingerprint density at radius 2 is 1.67 bits per heavy atom. The summed E-state index contributed by atoms with van der Waals surface area (Å²) in [7, 11) is 1.58. The molecular weight excluding hydrogens is 347 g/mol. The van der Waals surface area contributed by atoms with Gasteiger partial charge in [0.2, 0.25) is 5.95 Å². The lowest BCUT2D eigenvalue weighted by atomic mass is 10.2. The van der Waals surface area contributed by atoms with Crippen molar-refractivity contribution in [3.8, 4) is 5.75 Å². The van der Waals surface area contributed by atoms with E-state index >= 15 is 0 Å². The molecule has 0 aliphatic heterocycles. The number of nitrogens with one attached hydrogen (secondary N) is 2. The van der Waals surface area contributed by atoms with Gasteiger partial charge in [0, 0.05) is 36.6 Å². The minimum absolute atomic E-state index is 0.256. The van der Waals surface area contributed by atoms with Crippen LogP contribution in [0.1, 0.15) is 21.5 Å². The van der Waals surface area contributed by atoms with Gasteiger partial charge in [-0.05, 0) is 12.1 Å². The molecule has 27 heavy (non-hydrogen) atoms. The standard InChI is InChI=1S/C20H19FN4O2/c1-27-18-9-5-3-7-15(18)11-22-19(26)16-12-24-20(25-13-16)23-10-14-6-2-4-8-17(14)21/h2-9,12-13H,10-11H2,1H3,(H,22,26)(H,23,24,25). The van der Waals surface area contributed by atoms with Crippen LogP contribution in [-0.4, -0.2) is 23.0 Å². The van der Waals surface area contributed by atoms with Gasteiger partial charge >= 0.3 is 0 Å². The number of carbonyl (C=O) groups excluding carboxylic acids is 1. The molecule has 1 amide bonds. The van der Waals surface area contributed by atoms with Crippen molar-refractivity contribution < 1.29 is 13.9 Å². The van der Waals surface area contributed by atoms with E-state index in [0.717, 1.165) is 5.56 Å². The first-order valence-electron chi connectivity index (χ1n) is 8.37. The van der Waals surface area contributed by atoms with E-state index in [9.17, 15) is 9.18 Å². The van der Waals surface area contributed by atoms with Crippen LogP contribution in [0.3, 0.4) is 0 Å². The van der Waals surface area contributed by atoms with Gasteiger partial charge in [0.1, 0.15) is 11.6 Å². The van der Waals surface area contributed by atoms with Crippen molar-refractivity contribution in [3.05, 3.63) is 83.4 Å². The Morgan fingerprint density at radius 3 is 2.37 bits per heavy atom. The summed E-state index contributed by atoms with van der Waals surface area (Å²) < 4.78 is 18.9. The summed E-state index contributed by atoms with van der Waals surface area (Å²) in [4.78, 5) is 20.5. The van der Waals surface area contributed by atoms with Crippen LogP contribution >= 0.6 is 0 Å². The molecule has 0 radical (unpaired) electrons. The zero-order valence-electron chi connectivity index (χ0n) is 14.8. The predicted octanol–water partition coefficient (Wildman–Crippen LogP) is 3.17. The third-order valence-electron chi connectivity index (χ3n) is 3.94. The minimum Gasteiger partial charge on any atom is -0.496 e. The minimum atomic E-state index is -0.294. The van der Waals surface area contributed by atoms with Crippen molar-refractivity contribution >= 4 is 11.9 Å². The third-order valence-corrected chi connectivity index (χ3v) is 3.94. The van der Waals surface area contributed by atoms with Crippen LogP contribution < -0.4 is 15.4 Å². The van der Waals surface area contributed by atoms with Crippen LogP contribution in [0.15, 0.2) is 60.9 Å². The molecule has 3 rings (SSSR count). The van der Waals surface area contributed by atoms with Crippen LogP contribution in [0.4, 0.5) is 10.3 Å². The molecule has 0 saturated heterocycles. The number of hydrogen-bond donors (Lipinski definition) is 2.